The largest absolute Gasteiger partial charge is 0.471 e. The number of alkyl halides is 3. The molecule has 176 valence electrons. The molecule has 0 unspecified atom stereocenters. The van der Waals surface area contributed by atoms with Crippen LogP contribution in [-0.2, 0) is 19.5 Å². The second-order valence-electron chi connectivity index (χ2n) is 7.86. The van der Waals surface area contributed by atoms with Crippen LogP contribution in [0.2, 0.25) is 0 Å². The molecular formula is C24H22F3N5O2. The van der Waals surface area contributed by atoms with E-state index in [1.165, 1.54) is 21.6 Å². The molecule has 0 aliphatic heterocycles. The number of aromatic nitrogens is 4. The number of benzene rings is 2. The quantitative estimate of drug-likeness (QED) is 0.411. The molecule has 1 N–H and O–H groups in total. The molecule has 0 saturated heterocycles. The summed E-state index contributed by atoms with van der Waals surface area (Å²) < 4.78 is 47.4. The number of halogens is 3. The van der Waals surface area contributed by atoms with E-state index in [0.29, 0.717) is 11.3 Å². The SMILES string of the molecule is Cc1ccc(OCn2ccc(C(=O)Nc3cnn(Cc4cccc(C(F)(F)F)c4)c3)n2)c(C)c1. The molecule has 4 rings (SSSR count). The number of hydrogen-bond donors (Lipinski definition) is 1. The number of nitrogens with one attached hydrogen (secondary N) is 1. The van der Waals surface area contributed by atoms with Crippen molar-refractivity contribution in [3.05, 3.63) is 95.1 Å². The van der Waals surface area contributed by atoms with Crippen molar-refractivity contribution in [1.82, 2.24) is 19.6 Å². The average Bonchev–Trinajstić information content (AvgIpc) is 3.42. The lowest BCUT2D eigenvalue weighted by atomic mass is 10.1. The molecule has 0 aliphatic rings. The number of ether oxygens (including phenoxy) is 1. The van der Waals surface area contributed by atoms with Gasteiger partial charge in [-0.3, -0.25) is 9.48 Å². The lowest BCUT2D eigenvalue weighted by Gasteiger charge is -2.09. The number of anilines is 1. The molecular weight excluding hydrogens is 447 g/mol. The first-order chi connectivity index (χ1) is 16.2. The Kier molecular flexibility index (Phi) is 6.40. The van der Waals surface area contributed by atoms with Gasteiger partial charge in [0.2, 0.25) is 0 Å². The third-order valence-electron chi connectivity index (χ3n) is 5.05. The first kappa shape index (κ1) is 23.1. The lowest BCUT2D eigenvalue weighted by molar-refractivity contribution is -0.137. The second-order valence-corrected chi connectivity index (χ2v) is 7.86. The molecule has 2 heterocycles. The summed E-state index contributed by atoms with van der Waals surface area (Å²) in [7, 11) is 0. The summed E-state index contributed by atoms with van der Waals surface area (Å²) in [5.41, 5.74) is 2.46. The molecule has 0 radical (unpaired) electrons. The second kappa shape index (κ2) is 9.42. The van der Waals surface area contributed by atoms with E-state index in [-0.39, 0.29) is 19.0 Å². The Hall–Kier alpha value is -4.08. The molecule has 0 fully saturated rings. The van der Waals surface area contributed by atoms with E-state index in [4.69, 9.17) is 4.74 Å². The number of carbonyl (C=O) groups excluding carboxylic acids is 1. The normalized spacial score (nSPS) is 11.4. The van der Waals surface area contributed by atoms with Crippen molar-refractivity contribution in [2.24, 2.45) is 0 Å². The maximum Gasteiger partial charge on any atom is 0.416 e. The summed E-state index contributed by atoms with van der Waals surface area (Å²) in [6, 6.07) is 12.5. The number of hydrogen-bond acceptors (Lipinski definition) is 4. The van der Waals surface area contributed by atoms with Crippen LogP contribution in [0.15, 0.2) is 67.1 Å². The Balaban J connectivity index is 1.35. The van der Waals surface area contributed by atoms with Crippen molar-refractivity contribution in [2.75, 3.05) is 5.32 Å². The summed E-state index contributed by atoms with van der Waals surface area (Å²) in [6.07, 6.45) is 0.187. The fraction of sp³-hybridized carbons (Fsp3) is 0.208. The van der Waals surface area contributed by atoms with Gasteiger partial charge in [-0.1, -0.05) is 29.8 Å². The Labute approximate surface area is 193 Å². The molecule has 4 aromatic rings. The molecule has 0 bridgehead atoms. The maximum absolute atomic E-state index is 12.9. The molecule has 7 nitrogen and oxygen atoms in total. The van der Waals surface area contributed by atoms with Gasteiger partial charge in [-0.2, -0.15) is 23.4 Å². The van der Waals surface area contributed by atoms with E-state index in [1.54, 1.807) is 24.5 Å². The first-order valence-corrected chi connectivity index (χ1v) is 10.4. The minimum Gasteiger partial charge on any atom is -0.471 e. The van der Waals surface area contributed by atoms with Gasteiger partial charge in [0.05, 0.1) is 24.0 Å². The summed E-state index contributed by atoms with van der Waals surface area (Å²) in [5, 5.41) is 11.0. The van der Waals surface area contributed by atoms with Crippen LogP contribution < -0.4 is 10.1 Å². The van der Waals surface area contributed by atoms with Crippen molar-refractivity contribution in [2.45, 2.75) is 33.3 Å². The van der Waals surface area contributed by atoms with Crippen molar-refractivity contribution in [3.63, 3.8) is 0 Å². The van der Waals surface area contributed by atoms with Gasteiger partial charge in [0, 0.05) is 12.4 Å². The summed E-state index contributed by atoms with van der Waals surface area (Å²) >= 11 is 0. The molecule has 34 heavy (non-hydrogen) atoms. The molecule has 0 aliphatic carbocycles. The number of nitrogens with zero attached hydrogens (tertiary/aromatic N) is 4. The summed E-state index contributed by atoms with van der Waals surface area (Å²) in [5.74, 6) is 0.296. The molecule has 1 amide bonds. The fourth-order valence-electron chi connectivity index (χ4n) is 3.39. The number of aryl methyl sites for hydroxylation is 2. The topological polar surface area (TPSA) is 74.0 Å². The molecule has 10 heteroatoms. The van der Waals surface area contributed by atoms with Gasteiger partial charge >= 0.3 is 6.18 Å². The maximum atomic E-state index is 12.9. The van der Waals surface area contributed by atoms with Gasteiger partial charge in [-0.25, -0.2) is 4.68 Å². The van der Waals surface area contributed by atoms with Gasteiger partial charge in [-0.05, 0) is 49.2 Å². The zero-order chi connectivity index (χ0) is 24.3. The zero-order valence-corrected chi connectivity index (χ0v) is 18.5. The van der Waals surface area contributed by atoms with E-state index in [9.17, 15) is 18.0 Å². The predicted molar refractivity (Wildman–Crippen MR) is 119 cm³/mol. The van der Waals surface area contributed by atoms with Crippen LogP contribution in [0, 0.1) is 13.8 Å². The highest BCUT2D eigenvalue weighted by Gasteiger charge is 2.30. The highest BCUT2D eigenvalue weighted by molar-refractivity contribution is 6.02. The first-order valence-electron chi connectivity index (χ1n) is 10.4. The van der Waals surface area contributed by atoms with E-state index in [0.717, 1.165) is 29.0 Å². The zero-order valence-electron chi connectivity index (χ0n) is 18.5. The van der Waals surface area contributed by atoms with Crippen LogP contribution in [0.3, 0.4) is 0 Å². The molecule has 2 aromatic carbocycles. The number of rotatable bonds is 7. The average molecular weight is 469 g/mol. The third-order valence-corrected chi connectivity index (χ3v) is 5.05. The third kappa shape index (κ3) is 5.64. The van der Waals surface area contributed by atoms with Crippen molar-refractivity contribution in [1.29, 1.82) is 0 Å². The van der Waals surface area contributed by atoms with Crippen molar-refractivity contribution >= 4 is 11.6 Å². The Morgan fingerprint density at radius 3 is 2.68 bits per heavy atom. The van der Waals surface area contributed by atoms with E-state index in [2.05, 4.69) is 15.5 Å². The number of carbonyl (C=O) groups is 1. The van der Waals surface area contributed by atoms with Gasteiger partial charge in [-0.15, -0.1) is 0 Å². The van der Waals surface area contributed by atoms with Gasteiger partial charge in [0.15, 0.2) is 12.4 Å². The molecule has 2 aromatic heterocycles. The van der Waals surface area contributed by atoms with Crippen LogP contribution in [0.25, 0.3) is 0 Å². The standard InChI is InChI=1S/C24H22F3N5O2/c1-16-6-7-22(17(2)10-16)34-15-31-9-8-21(30-31)23(33)29-20-12-28-32(14-20)13-18-4-3-5-19(11-18)24(25,26)27/h3-12,14H,13,15H2,1-2H3,(H,29,33). The van der Waals surface area contributed by atoms with Crippen molar-refractivity contribution < 1.29 is 22.7 Å². The molecule has 0 saturated carbocycles. The minimum absolute atomic E-state index is 0.129. The Morgan fingerprint density at radius 1 is 1.09 bits per heavy atom. The van der Waals surface area contributed by atoms with Crippen LogP contribution in [-0.4, -0.2) is 25.5 Å². The minimum atomic E-state index is -4.41. The smallest absolute Gasteiger partial charge is 0.416 e. The summed E-state index contributed by atoms with van der Waals surface area (Å²) in [4.78, 5) is 12.5. The van der Waals surface area contributed by atoms with Crippen LogP contribution >= 0.6 is 0 Å². The lowest BCUT2D eigenvalue weighted by Crippen LogP contribution is -2.14. The van der Waals surface area contributed by atoms with Gasteiger partial charge in [0.1, 0.15) is 5.75 Å². The van der Waals surface area contributed by atoms with Crippen molar-refractivity contribution in [3.8, 4) is 5.75 Å². The predicted octanol–water partition coefficient (Wildman–Crippen LogP) is 5.05. The van der Waals surface area contributed by atoms with Crippen LogP contribution in [0.5, 0.6) is 5.75 Å². The van der Waals surface area contributed by atoms with Gasteiger partial charge < -0.3 is 10.1 Å². The fourth-order valence-corrected chi connectivity index (χ4v) is 3.39. The monoisotopic (exact) mass is 469 g/mol. The molecule has 0 atom stereocenters. The highest BCUT2D eigenvalue weighted by atomic mass is 19.4. The van der Waals surface area contributed by atoms with E-state index in [1.807, 2.05) is 32.0 Å². The Bertz CT molecular complexity index is 1310. The van der Waals surface area contributed by atoms with Crippen LogP contribution in [0.1, 0.15) is 32.7 Å². The van der Waals surface area contributed by atoms with E-state index >= 15 is 0 Å². The number of amides is 1. The van der Waals surface area contributed by atoms with Crippen LogP contribution in [0.4, 0.5) is 18.9 Å². The Morgan fingerprint density at radius 2 is 1.91 bits per heavy atom. The van der Waals surface area contributed by atoms with Gasteiger partial charge in [0.25, 0.3) is 5.91 Å². The summed E-state index contributed by atoms with van der Waals surface area (Å²) in [6.45, 7) is 4.23. The molecule has 0 spiro atoms. The highest BCUT2D eigenvalue weighted by Crippen LogP contribution is 2.29. The van der Waals surface area contributed by atoms with E-state index < -0.39 is 17.6 Å².